The molecule has 1 aliphatic heterocycles. The van der Waals surface area contributed by atoms with Crippen molar-refractivity contribution in [3.05, 3.63) is 27.7 Å². The summed E-state index contributed by atoms with van der Waals surface area (Å²) in [5.41, 5.74) is 0.445. The van der Waals surface area contributed by atoms with Crippen molar-refractivity contribution < 1.29 is 13.5 Å². The minimum Gasteiger partial charge on any atom is -0.396 e. The van der Waals surface area contributed by atoms with Crippen LogP contribution in [0.25, 0.3) is 0 Å². The fourth-order valence-electron chi connectivity index (χ4n) is 2.17. The number of hydrogen-bond donors (Lipinski definition) is 2. The van der Waals surface area contributed by atoms with Gasteiger partial charge in [0.25, 0.3) is 0 Å². The van der Waals surface area contributed by atoms with Gasteiger partial charge in [0.2, 0.25) is 0 Å². The van der Waals surface area contributed by atoms with Gasteiger partial charge >= 0.3 is 10.2 Å². The van der Waals surface area contributed by atoms with Crippen LogP contribution in [0, 0.1) is 5.92 Å². The summed E-state index contributed by atoms with van der Waals surface area (Å²) in [4.78, 5) is 0. The quantitative estimate of drug-likeness (QED) is 0.839. The Kier molecular flexibility index (Phi) is 5.30. The number of hydrogen-bond acceptors (Lipinski definition) is 3. The van der Waals surface area contributed by atoms with Crippen LogP contribution in [-0.2, 0) is 10.2 Å². The Labute approximate surface area is 132 Å². The average molecular weight is 384 g/mol. The van der Waals surface area contributed by atoms with Crippen LogP contribution in [0.15, 0.2) is 22.7 Å². The molecule has 1 saturated heterocycles. The Morgan fingerprint density at radius 3 is 2.90 bits per heavy atom. The van der Waals surface area contributed by atoms with Crippen molar-refractivity contribution in [2.75, 3.05) is 24.4 Å². The number of aliphatic hydroxyl groups is 1. The van der Waals surface area contributed by atoms with Crippen molar-refractivity contribution in [3.63, 3.8) is 0 Å². The van der Waals surface area contributed by atoms with Gasteiger partial charge in [0.05, 0.1) is 5.69 Å². The molecule has 0 spiro atoms. The number of aliphatic hydroxyl groups excluding tert-OH is 1. The third kappa shape index (κ3) is 3.85. The molecule has 1 heterocycles. The fraction of sp³-hybridized carbons (Fsp3) is 0.500. The molecule has 20 heavy (non-hydrogen) atoms. The zero-order valence-corrected chi connectivity index (χ0v) is 13.9. The van der Waals surface area contributed by atoms with Gasteiger partial charge in [0.1, 0.15) is 0 Å². The van der Waals surface area contributed by atoms with E-state index in [2.05, 4.69) is 20.7 Å². The Morgan fingerprint density at radius 1 is 1.50 bits per heavy atom. The highest BCUT2D eigenvalue weighted by atomic mass is 79.9. The minimum atomic E-state index is -3.62. The maximum Gasteiger partial charge on any atom is 0.301 e. The van der Waals surface area contributed by atoms with Crippen LogP contribution in [0.4, 0.5) is 5.69 Å². The first-order chi connectivity index (χ1) is 9.42. The van der Waals surface area contributed by atoms with Gasteiger partial charge in [-0.3, -0.25) is 4.72 Å². The predicted molar refractivity (Wildman–Crippen MR) is 83.1 cm³/mol. The summed E-state index contributed by atoms with van der Waals surface area (Å²) in [5.74, 6) is 0.00832. The van der Waals surface area contributed by atoms with Crippen LogP contribution >= 0.6 is 27.5 Å². The molecular formula is C12H16BrClN2O3S. The van der Waals surface area contributed by atoms with Crippen LogP contribution in [-0.4, -0.2) is 37.5 Å². The molecule has 1 aromatic rings. The lowest BCUT2D eigenvalue weighted by atomic mass is 10.0. The molecule has 1 unspecified atom stereocenters. The van der Waals surface area contributed by atoms with E-state index in [1.54, 1.807) is 18.2 Å². The fourth-order valence-corrected chi connectivity index (χ4v) is 4.44. The van der Waals surface area contributed by atoms with Crippen molar-refractivity contribution in [1.82, 2.24) is 4.31 Å². The van der Waals surface area contributed by atoms with E-state index < -0.39 is 10.2 Å². The SMILES string of the molecule is O=S(=O)(Nc1ccc(Cl)cc1Br)N1CCCC(CO)C1. The highest BCUT2D eigenvalue weighted by molar-refractivity contribution is 9.10. The number of halogens is 2. The molecule has 0 amide bonds. The highest BCUT2D eigenvalue weighted by Gasteiger charge is 2.28. The molecule has 0 saturated carbocycles. The van der Waals surface area contributed by atoms with Gasteiger partial charge in [0, 0.05) is 29.2 Å². The Morgan fingerprint density at radius 2 is 2.25 bits per heavy atom. The van der Waals surface area contributed by atoms with E-state index in [1.165, 1.54) is 4.31 Å². The van der Waals surface area contributed by atoms with Gasteiger partial charge in [-0.25, -0.2) is 0 Å². The van der Waals surface area contributed by atoms with E-state index in [0.29, 0.717) is 28.3 Å². The summed E-state index contributed by atoms with van der Waals surface area (Å²) in [7, 11) is -3.62. The van der Waals surface area contributed by atoms with Gasteiger partial charge in [-0.1, -0.05) is 11.6 Å². The Bertz CT molecular complexity index is 582. The summed E-state index contributed by atoms with van der Waals surface area (Å²) >= 11 is 9.11. The lowest BCUT2D eigenvalue weighted by Gasteiger charge is -2.31. The lowest BCUT2D eigenvalue weighted by Crippen LogP contribution is -2.43. The van der Waals surface area contributed by atoms with Crippen molar-refractivity contribution in [2.24, 2.45) is 5.92 Å². The number of benzene rings is 1. The van der Waals surface area contributed by atoms with Crippen LogP contribution in [0.2, 0.25) is 5.02 Å². The number of nitrogens with zero attached hydrogens (tertiary/aromatic N) is 1. The maximum absolute atomic E-state index is 12.3. The van der Waals surface area contributed by atoms with Crippen LogP contribution in [0.1, 0.15) is 12.8 Å². The molecule has 112 valence electrons. The predicted octanol–water partition coefficient (Wildman–Crippen LogP) is 2.46. The van der Waals surface area contributed by atoms with Gasteiger partial charge in [-0.15, -0.1) is 0 Å². The standard InChI is InChI=1S/C12H16BrClN2O3S/c13-11-6-10(14)3-4-12(11)15-20(18,19)16-5-1-2-9(7-16)8-17/h3-4,6,9,15,17H,1-2,5,7-8H2. The van der Waals surface area contributed by atoms with Crippen molar-refractivity contribution in [3.8, 4) is 0 Å². The van der Waals surface area contributed by atoms with Crippen molar-refractivity contribution in [2.45, 2.75) is 12.8 Å². The molecule has 1 fully saturated rings. The van der Waals surface area contributed by atoms with E-state index in [-0.39, 0.29) is 12.5 Å². The lowest BCUT2D eigenvalue weighted by molar-refractivity contribution is 0.166. The third-order valence-electron chi connectivity index (χ3n) is 3.25. The topological polar surface area (TPSA) is 69.6 Å². The number of anilines is 1. The second kappa shape index (κ2) is 6.62. The minimum absolute atomic E-state index is 0.00832. The average Bonchev–Trinajstić information content (AvgIpc) is 2.42. The summed E-state index contributed by atoms with van der Waals surface area (Å²) < 4.78 is 29.2. The monoisotopic (exact) mass is 382 g/mol. The molecule has 0 bridgehead atoms. The number of nitrogens with one attached hydrogen (secondary N) is 1. The summed E-state index contributed by atoms with van der Waals surface area (Å²) in [6.07, 6.45) is 1.61. The van der Waals surface area contributed by atoms with E-state index >= 15 is 0 Å². The molecule has 2 rings (SSSR count). The van der Waals surface area contributed by atoms with E-state index in [0.717, 1.165) is 12.8 Å². The smallest absolute Gasteiger partial charge is 0.301 e. The van der Waals surface area contributed by atoms with Gasteiger partial charge < -0.3 is 5.11 Å². The zero-order chi connectivity index (χ0) is 14.8. The first-order valence-corrected chi connectivity index (χ1v) is 8.87. The highest BCUT2D eigenvalue weighted by Crippen LogP contribution is 2.28. The van der Waals surface area contributed by atoms with E-state index in [9.17, 15) is 13.5 Å². The molecule has 0 radical (unpaired) electrons. The van der Waals surface area contributed by atoms with Crippen LogP contribution < -0.4 is 4.72 Å². The van der Waals surface area contributed by atoms with Gasteiger partial charge in [0.15, 0.2) is 0 Å². The third-order valence-corrected chi connectivity index (χ3v) is 5.63. The zero-order valence-electron chi connectivity index (χ0n) is 10.7. The maximum atomic E-state index is 12.3. The van der Waals surface area contributed by atoms with Crippen LogP contribution in [0.3, 0.4) is 0 Å². The molecule has 0 aromatic heterocycles. The molecule has 1 atom stereocenters. The van der Waals surface area contributed by atoms with E-state index in [4.69, 9.17) is 11.6 Å². The second-order valence-electron chi connectivity index (χ2n) is 4.78. The molecule has 0 aliphatic carbocycles. The summed E-state index contributed by atoms with van der Waals surface area (Å²) in [6, 6.07) is 4.86. The van der Waals surface area contributed by atoms with Crippen molar-refractivity contribution >= 4 is 43.4 Å². The number of piperidine rings is 1. The molecule has 1 aliphatic rings. The molecule has 2 N–H and O–H groups in total. The van der Waals surface area contributed by atoms with Gasteiger partial charge in [-0.2, -0.15) is 12.7 Å². The Balaban J connectivity index is 2.14. The first kappa shape index (κ1) is 16.0. The largest absolute Gasteiger partial charge is 0.396 e. The van der Waals surface area contributed by atoms with E-state index in [1.807, 2.05) is 0 Å². The molecule has 8 heteroatoms. The van der Waals surface area contributed by atoms with Gasteiger partial charge in [-0.05, 0) is 52.9 Å². The normalized spacial score (nSPS) is 20.9. The Hall–Kier alpha value is -0.340. The number of rotatable bonds is 4. The molecule has 1 aromatic carbocycles. The first-order valence-electron chi connectivity index (χ1n) is 6.26. The van der Waals surface area contributed by atoms with Crippen molar-refractivity contribution in [1.29, 1.82) is 0 Å². The van der Waals surface area contributed by atoms with Crippen LogP contribution in [0.5, 0.6) is 0 Å². The second-order valence-corrected chi connectivity index (χ2v) is 7.74. The molecule has 5 nitrogen and oxygen atoms in total. The summed E-state index contributed by atoms with van der Waals surface area (Å²) in [5, 5.41) is 9.70. The molecular weight excluding hydrogens is 368 g/mol. The summed E-state index contributed by atoms with van der Waals surface area (Å²) in [6.45, 7) is 0.824.